The lowest BCUT2D eigenvalue weighted by Gasteiger charge is -2.32. The number of nitrogens with zero attached hydrogens (tertiary/aromatic N) is 1. The Kier molecular flexibility index (Phi) is 3.92. The van der Waals surface area contributed by atoms with Gasteiger partial charge in [0.2, 0.25) is 5.91 Å². The van der Waals surface area contributed by atoms with Crippen LogP contribution < -0.4 is 5.32 Å². The molecule has 1 saturated heterocycles. The maximum atomic E-state index is 12.0. The highest BCUT2D eigenvalue weighted by Gasteiger charge is 2.32. The lowest BCUT2D eigenvalue weighted by molar-refractivity contribution is -0.135. The van der Waals surface area contributed by atoms with Crippen molar-refractivity contribution in [3.8, 4) is 0 Å². The van der Waals surface area contributed by atoms with Gasteiger partial charge in [-0.25, -0.2) is 0 Å². The van der Waals surface area contributed by atoms with Crippen LogP contribution in [0.2, 0.25) is 0 Å². The molecule has 2 rings (SSSR count). The number of carbonyl (C=O) groups is 1. The molecule has 4 heteroatoms. The molecular weight excluding hydrogens is 208 g/mol. The Labute approximate surface area is 96.0 Å². The zero-order valence-electron chi connectivity index (χ0n) is 9.37. The van der Waals surface area contributed by atoms with Crippen LogP contribution in [-0.4, -0.2) is 48.0 Å². The number of hydrogen-bond acceptors (Lipinski definition) is 3. The van der Waals surface area contributed by atoms with Gasteiger partial charge in [0, 0.05) is 24.9 Å². The van der Waals surface area contributed by atoms with Gasteiger partial charge in [0.1, 0.15) is 0 Å². The fourth-order valence-corrected chi connectivity index (χ4v) is 2.46. The third-order valence-corrected chi connectivity index (χ3v) is 3.70. The number of rotatable bonds is 5. The fourth-order valence-electron chi connectivity index (χ4n) is 2.05. The van der Waals surface area contributed by atoms with E-state index in [1.54, 1.807) is 0 Å². The molecule has 1 saturated carbocycles. The summed E-state index contributed by atoms with van der Waals surface area (Å²) in [6.45, 7) is 1.88. The van der Waals surface area contributed by atoms with Crippen LogP contribution in [0.3, 0.4) is 0 Å². The summed E-state index contributed by atoms with van der Waals surface area (Å²) in [7, 11) is 0. The summed E-state index contributed by atoms with van der Waals surface area (Å²) in [5, 5.41) is 3.45. The van der Waals surface area contributed by atoms with Gasteiger partial charge in [0.15, 0.2) is 0 Å². The van der Waals surface area contributed by atoms with Crippen LogP contribution in [0.15, 0.2) is 0 Å². The van der Waals surface area contributed by atoms with E-state index in [0.29, 0.717) is 11.9 Å². The molecule has 0 aromatic rings. The molecule has 2 fully saturated rings. The molecule has 1 aliphatic carbocycles. The molecule has 1 aliphatic heterocycles. The second-order valence-electron chi connectivity index (χ2n) is 4.45. The molecule has 15 heavy (non-hydrogen) atoms. The zero-order valence-corrected chi connectivity index (χ0v) is 10.2. The third kappa shape index (κ3) is 3.11. The molecule has 0 aromatic heterocycles. The first-order valence-electron chi connectivity index (χ1n) is 5.85. The van der Waals surface area contributed by atoms with Crippen LogP contribution in [0.25, 0.3) is 0 Å². The van der Waals surface area contributed by atoms with E-state index < -0.39 is 0 Å². The van der Waals surface area contributed by atoms with Crippen LogP contribution in [-0.2, 0) is 4.79 Å². The molecule has 1 heterocycles. The number of thioether (sulfide) groups is 1. The molecule has 0 aromatic carbocycles. The van der Waals surface area contributed by atoms with Crippen LogP contribution >= 0.6 is 11.8 Å². The van der Waals surface area contributed by atoms with Crippen LogP contribution in [0, 0.1) is 0 Å². The minimum atomic E-state index is 0.119. The van der Waals surface area contributed by atoms with Crippen molar-refractivity contribution < 1.29 is 4.79 Å². The van der Waals surface area contributed by atoms with Crippen molar-refractivity contribution >= 4 is 17.7 Å². The van der Waals surface area contributed by atoms with E-state index in [4.69, 9.17) is 0 Å². The average molecular weight is 228 g/mol. The minimum absolute atomic E-state index is 0.119. The summed E-state index contributed by atoms with van der Waals surface area (Å²) in [4.78, 5) is 14.1. The van der Waals surface area contributed by atoms with Gasteiger partial charge in [-0.1, -0.05) is 0 Å². The van der Waals surface area contributed by atoms with E-state index in [-0.39, 0.29) is 6.04 Å². The van der Waals surface area contributed by atoms with Crippen molar-refractivity contribution in [3.05, 3.63) is 0 Å². The number of carbonyl (C=O) groups excluding carboxylic acids is 1. The Morgan fingerprint density at radius 1 is 1.47 bits per heavy atom. The first kappa shape index (κ1) is 11.3. The number of nitrogens with one attached hydrogen (secondary N) is 1. The zero-order chi connectivity index (χ0) is 10.7. The number of hydrogen-bond donors (Lipinski definition) is 1. The topological polar surface area (TPSA) is 32.3 Å². The van der Waals surface area contributed by atoms with E-state index in [1.807, 2.05) is 16.7 Å². The summed E-state index contributed by atoms with van der Waals surface area (Å²) >= 11 is 1.81. The molecule has 0 radical (unpaired) electrons. The molecule has 0 bridgehead atoms. The second kappa shape index (κ2) is 5.21. The monoisotopic (exact) mass is 228 g/mol. The first-order valence-corrected chi connectivity index (χ1v) is 7.24. The van der Waals surface area contributed by atoms with Gasteiger partial charge >= 0.3 is 0 Å². The summed E-state index contributed by atoms with van der Waals surface area (Å²) in [6, 6.07) is 0.757. The van der Waals surface area contributed by atoms with Gasteiger partial charge in [-0.15, -0.1) is 0 Å². The van der Waals surface area contributed by atoms with Gasteiger partial charge in [-0.05, 0) is 31.9 Å². The van der Waals surface area contributed by atoms with E-state index in [9.17, 15) is 4.79 Å². The highest BCUT2D eigenvalue weighted by atomic mass is 32.2. The van der Waals surface area contributed by atoms with Crippen molar-refractivity contribution in [2.24, 2.45) is 0 Å². The summed E-state index contributed by atoms with van der Waals surface area (Å²) in [5.74, 6) is 1.39. The Morgan fingerprint density at radius 2 is 2.27 bits per heavy atom. The van der Waals surface area contributed by atoms with Crippen LogP contribution in [0.5, 0.6) is 0 Å². The standard InChI is InChI=1S/C11H20N2OS/c1-15-8-7-13-6-2-3-10(11(13)14)12-9-4-5-9/h9-10,12H,2-8H2,1H3. The van der Waals surface area contributed by atoms with E-state index in [2.05, 4.69) is 11.6 Å². The smallest absolute Gasteiger partial charge is 0.239 e. The molecule has 1 unspecified atom stereocenters. The Balaban J connectivity index is 1.81. The largest absolute Gasteiger partial charge is 0.341 e. The lowest BCUT2D eigenvalue weighted by atomic mass is 10.0. The normalized spacial score (nSPS) is 27.1. The highest BCUT2D eigenvalue weighted by molar-refractivity contribution is 7.98. The summed E-state index contributed by atoms with van der Waals surface area (Å²) < 4.78 is 0. The molecule has 1 atom stereocenters. The van der Waals surface area contributed by atoms with E-state index in [1.165, 1.54) is 12.8 Å². The Hall–Kier alpha value is -0.220. The van der Waals surface area contributed by atoms with Crippen LogP contribution in [0.1, 0.15) is 25.7 Å². The first-order chi connectivity index (χ1) is 7.31. The Morgan fingerprint density at radius 3 is 2.93 bits per heavy atom. The molecule has 3 nitrogen and oxygen atoms in total. The molecule has 86 valence electrons. The predicted octanol–water partition coefficient (Wildman–Crippen LogP) is 1.09. The molecule has 1 N–H and O–H groups in total. The number of likely N-dealkylation sites (tertiary alicyclic amines) is 1. The number of amides is 1. The quantitative estimate of drug-likeness (QED) is 0.764. The van der Waals surface area contributed by atoms with Crippen molar-refractivity contribution in [1.29, 1.82) is 0 Å². The van der Waals surface area contributed by atoms with Crippen molar-refractivity contribution in [2.45, 2.75) is 37.8 Å². The van der Waals surface area contributed by atoms with E-state index >= 15 is 0 Å². The predicted molar refractivity (Wildman–Crippen MR) is 64.1 cm³/mol. The van der Waals surface area contributed by atoms with Gasteiger partial charge in [0.05, 0.1) is 6.04 Å². The van der Waals surface area contributed by atoms with Gasteiger partial charge in [0.25, 0.3) is 0 Å². The molecular formula is C11H20N2OS. The van der Waals surface area contributed by atoms with Gasteiger partial charge in [-0.2, -0.15) is 11.8 Å². The van der Waals surface area contributed by atoms with Crippen molar-refractivity contribution in [1.82, 2.24) is 10.2 Å². The summed E-state index contributed by atoms with van der Waals surface area (Å²) in [5.41, 5.74) is 0. The Bertz CT molecular complexity index is 231. The SMILES string of the molecule is CSCCN1CCCC(NC2CC2)C1=O. The van der Waals surface area contributed by atoms with Gasteiger partial charge < -0.3 is 10.2 Å². The van der Waals surface area contributed by atoms with E-state index in [0.717, 1.165) is 31.7 Å². The average Bonchev–Trinajstić information content (AvgIpc) is 3.03. The summed E-state index contributed by atoms with van der Waals surface area (Å²) in [6.07, 6.45) is 6.80. The van der Waals surface area contributed by atoms with Crippen LogP contribution in [0.4, 0.5) is 0 Å². The second-order valence-corrected chi connectivity index (χ2v) is 5.44. The molecule has 2 aliphatic rings. The maximum Gasteiger partial charge on any atom is 0.239 e. The molecule has 0 spiro atoms. The number of piperidine rings is 1. The highest BCUT2D eigenvalue weighted by Crippen LogP contribution is 2.22. The fraction of sp³-hybridized carbons (Fsp3) is 0.909. The van der Waals surface area contributed by atoms with Crippen molar-refractivity contribution in [2.75, 3.05) is 25.1 Å². The minimum Gasteiger partial charge on any atom is -0.341 e. The van der Waals surface area contributed by atoms with Crippen molar-refractivity contribution in [3.63, 3.8) is 0 Å². The van der Waals surface area contributed by atoms with Gasteiger partial charge in [-0.3, -0.25) is 4.79 Å². The molecule has 1 amide bonds. The lowest BCUT2D eigenvalue weighted by Crippen LogP contribution is -2.51. The maximum absolute atomic E-state index is 12.0. The third-order valence-electron chi connectivity index (χ3n) is 3.11.